The number of imidazole rings is 1. The van der Waals surface area contributed by atoms with Crippen LogP contribution in [-0.2, 0) is 6.42 Å². The molecule has 30 heavy (non-hydrogen) atoms. The number of thiocarbonyl (C=S) groups is 1. The van der Waals surface area contributed by atoms with E-state index in [0.717, 1.165) is 54.2 Å². The second kappa shape index (κ2) is 9.04. The number of H-pyrrole nitrogens is 1. The van der Waals surface area contributed by atoms with Crippen LogP contribution in [0.15, 0.2) is 47.3 Å². The van der Waals surface area contributed by atoms with Crippen LogP contribution in [0.3, 0.4) is 0 Å². The van der Waals surface area contributed by atoms with Gasteiger partial charge in [-0.1, -0.05) is 37.6 Å². The number of aromatic nitrogens is 2. The fourth-order valence-corrected chi connectivity index (χ4v) is 4.65. The van der Waals surface area contributed by atoms with E-state index < -0.39 is 0 Å². The van der Waals surface area contributed by atoms with Gasteiger partial charge in [-0.15, -0.1) is 0 Å². The van der Waals surface area contributed by atoms with Gasteiger partial charge in [0, 0.05) is 24.8 Å². The van der Waals surface area contributed by atoms with Crippen LogP contribution in [0.4, 0.5) is 5.69 Å². The SMILES string of the molecule is CCCCc1ccc(NC(=S)N2CCC(n3c(=O)[nH]c4ccccc43)CC2)c(C)c1. The molecule has 5 nitrogen and oxygen atoms in total. The van der Waals surface area contributed by atoms with Gasteiger partial charge in [0.25, 0.3) is 0 Å². The predicted molar refractivity (Wildman–Crippen MR) is 128 cm³/mol. The van der Waals surface area contributed by atoms with Gasteiger partial charge in [-0.05, 0) is 74.2 Å². The Kier molecular flexibility index (Phi) is 6.23. The maximum Gasteiger partial charge on any atom is 0.326 e. The molecule has 0 aliphatic carbocycles. The maximum absolute atomic E-state index is 12.5. The topological polar surface area (TPSA) is 53.1 Å². The third kappa shape index (κ3) is 4.29. The minimum Gasteiger partial charge on any atom is -0.349 e. The number of fused-ring (bicyclic) bond motifs is 1. The van der Waals surface area contributed by atoms with Crippen molar-refractivity contribution in [2.45, 2.75) is 52.0 Å². The smallest absolute Gasteiger partial charge is 0.326 e. The normalized spacial score (nSPS) is 14.9. The van der Waals surface area contributed by atoms with E-state index in [1.807, 2.05) is 28.8 Å². The minimum absolute atomic E-state index is 0.0193. The van der Waals surface area contributed by atoms with Crippen LogP contribution in [0.2, 0.25) is 0 Å². The lowest BCUT2D eigenvalue weighted by Crippen LogP contribution is -2.42. The Balaban J connectivity index is 1.39. The van der Waals surface area contributed by atoms with Crippen LogP contribution in [0.25, 0.3) is 11.0 Å². The van der Waals surface area contributed by atoms with Crippen molar-refractivity contribution in [3.05, 3.63) is 64.1 Å². The highest BCUT2D eigenvalue weighted by atomic mass is 32.1. The number of aryl methyl sites for hydroxylation is 2. The number of piperidine rings is 1. The van der Waals surface area contributed by atoms with Gasteiger partial charge in [-0.3, -0.25) is 4.57 Å². The van der Waals surface area contributed by atoms with Crippen LogP contribution in [0.5, 0.6) is 0 Å². The van der Waals surface area contributed by atoms with Gasteiger partial charge in [0.15, 0.2) is 5.11 Å². The third-order valence-electron chi connectivity index (χ3n) is 6.09. The van der Waals surface area contributed by atoms with Crippen molar-refractivity contribution >= 4 is 34.1 Å². The molecule has 0 radical (unpaired) electrons. The predicted octanol–water partition coefficient (Wildman–Crippen LogP) is 5.01. The largest absolute Gasteiger partial charge is 0.349 e. The first-order valence-electron chi connectivity index (χ1n) is 10.9. The average Bonchev–Trinajstić information content (AvgIpc) is 3.09. The van der Waals surface area contributed by atoms with Gasteiger partial charge < -0.3 is 15.2 Å². The number of hydrogen-bond donors (Lipinski definition) is 2. The molecule has 0 amide bonds. The quantitative estimate of drug-likeness (QED) is 0.567. The van der Waals surface area contributed by atoms with Crippen LogP contribution in [0, 0.1) is 6.92 Å². The maximum atomic E-state index is 12.5. The Morgan fingerprint density at radius 2 is 1.97 bits per heavy atom. The molecular weight excluding hydrogens is 392 g/mol. The molecule has 1 aliphatic heterocycles. The summed E-state index contributed by atoms with van der Waals surface area (Å²) in [6.07, 6.45) is 5.36. The molecule has 4 rings (SSSR count). The number of nitrogens with zero attached hydrogens (tertiary/aromatic N) is 2. The number of aromatic amines is 1. The molecule has 0 spiro atoms. The van der Waals surface area contributed by atoms with E-state index in [1.54, 1.807) is 0 Å². The molecule has 2 aromatic carbocycles. The molecule has 0 unspecified atom stereocenters. The monoisotopic (exact) mass is 422 g/mol. The first-order chi connectivity index (χ1) is 14.6. The second-order valence-corrected chi connectivity index (χ2v) is 8.61. The Hall–Kier alpha value is -2.60. The summed E-state index contributed by atoms with van der Waals surface area (Å²) in [5.41, 5.74) is 5.56. The number of rotatable bonds is 5. The van der Waals surface area contributed by atoms with Crippen molar-refractivity contribution in [2.24, 2.45) is 0 Å². The Morgan fingerprint density at radius 1 is 1.20 bits per heavy atom. The molecule has 3 aromatic rings. The number of nitrogens with one attached hydrogen (secondary N) is 2. The lowest BCUT2D eigenvalue weighted by molar-refractivity contribution is 0.269. The van der Waals surface area contributed by atoms with Crippen molar-refractivity contribution in [1.82, 2.24) is 14.5 Å². The number of benzene rings is 2. The van der Waals surface area contributed by atoms with Gasteiger partial charge in [0.2, 0.25) is 0 Å². The summed E-state index contributed by atoms with van der Waals surface area (Å²) in [5, 5.41) is 4.20. The van der Waals surface area contributed by atoms with Crippen molar-refractivity contribution in [2.75, 3.05) is 18.4 Å². The van der Waals surface area contributed by atoms with Crippen molar-refractivity contribution in [3.63, 3.8) is 0 Å². The van der Waals surface area contributed by atoms with E-state index in [9.17, 15) is 4.79 Å². The summed E-state index contributed by atoms with van der Waals surface area (Å²) in [7, 11) is 0. The Morgan fingerprint density at radius 3 is 2.70 bits per heavy atom. The minimum atomic E-state index is -0.0193. The molecule has 1 fully saturated rings. The zero-order valence-electron chi connectivity index (χ0n) is 17.8. The van der Waals surface area contributed by atoms with Crippen molar-refractivity contribution in [1.29, 1.82) is 0 Å². The summed E-state index contributed by atoms with van der Waals surface area (Å²) < 4.78 is 1.92. The summed E-state index contributed by atoms with van der Waals surface area (Å²) >= 11 is 5.70. The molecule has 158 valence electrons. The van der Waals surface area contributed by atoms with Gasteiger partial charge in [0.1, 0.15) is 0 Å². The molecule has 1 aliphatic rings. The number of hydrogen-bond acceptors (Lipinski definition) is 2. The number of unbranched alkanes of at least 4 members (excludes halogenated alkanes) is 1. The molecular formula is C24H30N4OS. The Bertz CT molecular complexity index is 1090. The molecule has 1 saturated heterocycles. The van der Waals surface area contributed by atoms with E-state index in [4.69, 9.17) is 12.2 Å². The van der Waals surface area contributed by atoms with Crippen molar-refractivity contribution in [3.8, 4) is 0 Å². The van der Waals surface area contributed by atoms with E-state index in [0.29, 0.717) is 0 Å². The van der Waals surface area contributed by atoms with Crippen molar-refractivity contribution < 1.29 is 0 Å². The lowest BCUT2D eigenvalue weighted by Gasteiger charge is -2.34. The lowest BCUT2D eigenvalue weighted by atomic mass is 10.0. The molecule has 6 heteroatoms. The highest BCUT2D eigenvalue weighted by Crippen LogP contribution is 2.26. The van der Waals surface area contributed by atoms with E-state index in [-0.39, 0.29) is 11.7 Å². The van der Waals surface area contributed by atoms with Crippen LogP contribution in [0.1, 0.15) is 49.8 Å². The van der Waals surface area contributed by atoms with Gasteiger partial charge in [-0.25, -0.2) is 4.79 Å². The summed E-state index contributed by atoms with van der Waals surface area (Å²) in [6.45, 7) is 6.04. The summed E-state index contributed by atoms with van der Waals surface area (Å²) in [4.78, 5) is 17.7. The third-order valence-corrected chi connectivity index (χ3v) is 6.45. The van der Waals surface area contributed by atoms with E-state index >= 15 is 0 Å². The molecule has 0 bridgehead atoms. The van der Waals surface area contributed by atoms with Gasteiger partial charge in [0.05, 0.1) is 11.0 Å². The molecule has 1 aromatic heterocycles. The summed E-state index contributed by atoms with van der Waals surface area (Å²) in [5.74, 6) is 0. The molecule has 2 heterocycles. The Labute approximate surface area is 183 Å². The van der Waals surface area contributed by atoms with Crippen LogP contribution in [-0.4, -0.2) is 32.7 Å². The van der Waals surface area contributed by atoms with E-state index in [2.05, 4.69) is 47.2 Å². The van der Waals surface area contributed by atoms with Crippen LogP contribution < -0.4 is 11.0 Å². The number of likely N-dealkylation sites (tertiary alicyclic amines) is 1. The standard InChI is InChI=1S/C24H30N4OS/c1-3-4-7-18-10-11-20(17(2)16-18)26-24(30)27-14-12-19(13-15-27)28-22-9-6-5-8-21(22)25-23(28)29/h5-6,8-11,16,19H,3-4,7,12-15H2,1-2H3,(H,25,29)(H,26,30). The zero-order chi connectivity index (χ0) is 21.1. The highest BCUT2D eigenvalue weighted by Gasteiger charge is 2.24. The number of para-hydroxylation sites is 2. The summed E-state index contributed by atoms with van der Waals surface area (Å²) in [6, 6.07) is 14.7. The van der Waals surface area contributed by atoms with E-state index in [1.165, 1.54) is 24.0 Å². The highest BCUT2D eigenvalue weighted by molar-refractivity contribution is 7.80. The second-order valence-electron chi connectivity index (χ2n) is 8.22. The fourth-order valence-electron chi connectivity index (χ4n) is 4.36. The molecule has 2 N–H and O–H groups in total. The molecule has 0 saturated carbocycles. The average molecular weight is 423 g/mol. The first kappa shape index (κ1) is 20.7. The molecule has 0 atom stereocenters. The van der Waals surface area contributed by atoms with Gasteiger partial charge in [-0.2, -0.15) is 0 Å². The first-order valence-corrected chi connectivity index (χ1v) is 11.3. The fraction of sp³-hybridized carbons (Fsp3) is 0.417. The number of anilines is 1. The van der Waals surface area contributed by atoms with Crippen LogP contribution >= 0.6 is 12.2 Å². The zero-order valence-corrected chi connectivity index (χ0v) is 18.6. The van der Waals surface area contributed by atoms with Gasteiger partial charge >= 0.3 is 5.69 Å².